The van der Waals surface area contributed by atoms with Crippen LogP contribution in [0.5, 0.6) is 0 Å². The van der Waals surface area contributed by atoms with E-state index in [4.69, 9.17) is 10.9 Å². The zero-order valence-electron chi connectivity index (χ0n) is 21.5. The van der Waals surface area contributed by atoms with Crippen molar-refractivity contribution in [2.45, 2.75) is 51.6 Å². The van der Waals surface area contributed by atoms with Crippen LogP contribution < -0.4 is 32.4 Å². The Balaban J connectivity index is 2.21. The van der Waals surface area contributed by atoms with E-state index in [0.29, 0.717) is 29.8 Å². The molecular weight excluding hydrogens is 512 g/mol. The number of hydrogen-bond acceptors (Lipinski definition) is 9. The third kappa shape index (κ3) is 9.23. The molecule has 1 saturated carbocycles. The fraction of sp³-hybridized carbons (Fsp3) is 0.400. The SMILES string of the molecule is C=C(CC)NC(=O)Cn1cccc(NC(=O)[C@H](CC/C=C/C(=O)OC)NC(=O)/C(SN)=C(/N)C2CC2)c1=O. The van der Waals surface area contributed by atoms with E-state index in [9.17, 15) is 24.0 Å². The number of carbonyl (C=O) groups excluding carboxylic acids is 4. The maximum atomic E-state index is 13.2. The number of nitrogens with one attached hydrogen (secondary N) is 3. The molecule has 1 fully saturated rings. The van der Waals surface area contributed by atoms with Crippen molar-refractivity contribution in [1.29, 1.82) is 0 Å². The average Bonchev–Trinajstić information content (AvgIpc) is 3.73. The lowest BCUT2D eigenvalue weighted by Crippen LogP contribution is -2.45. The molecule has 0 unspecified atom stereocenters. The smallest absolute Gasteiger partial charge is 0.330 e. The number of aromatic nitrogens is 1. The van der Waals surface area contributed by atoms with Crippen molar-refractivity contribution in [2.24, 2.45) is 16.8 Å². The predicted octanol–water partition coefficient (Wildman–Crippen LogP) is 1.01. The van der Waals surface area contributed by atoms with Crippen molar-refractivity contribution >= 4 is 41.3 Å². The lowest BCUT2D eigenvalue weighted by Gasteiger charge is -2.19. The van der Waals surface area contributed by atoms with Crippen molar-refractivity contribution in [2.75, 3.05) is 12.4 Å². The van der Waals surface area contributed by atoms with E-state index >= 15 is 0 Å². The monoisotopic (exact) mass is 546 g/mol. The topological polar surface area (TPSA) is 188 Å². The second-order valence-electron chi connectivity index (χ2n) is 8.55. The zero-order chi connectivity index (χ0) is 28.2. The first-order valence-corrected chi connectivity index (χ1v) is 12.9. The van der Waals surface area contributed by atoms with Crippen LogP contribution in [-0.2, 0) is 30.5 Å². The number of nitrogens with two attached hydrogens (primary N) is 2. The molecule has 7 N–H and O–H groups in total. The number of rotatable bonds is 14. The molecule has 12 nitrogen and oxygen atoms in total. The molecule has 0 spiro atoms. The summed E-state index contributed by atoms with van der Waals surface area (Å²) < 4.78 is 5.69. The highest BCUT2D eigenvalue weighted by Gasteiger charge is 2.30. The molecule has 0 saturated heterocycles. The van der Waals surface area contributed by atoms with Gasteiger partial charge in [-0.05, 0) is 62.1 Å². The Bertz CT molecular complexity index is 1190. The van der Waals surface area contributed by atoms with E-state index in [1.165, 1.54) is 37.6 Å². The standard InChI is InChI=1S/C25H34N6O6S/c1-4-15(2)28-19(32)14-31-13-7-9-18(25(31)36)30-23(34)17(8-5-6-10-20(33)37-3)29-24(35)22(38-27)21(26)16-11-12-16/h6-7,9-10,13,16-17H,2,4-5,8,11-12,14,26-27H2,1,3H3,(H,28,32)(H,29,35)(H,30,34)/b10-6+,22-21-/t17-/m0/s1. The Morgan fingerprint density at radius 2 is 2.03 bits per heavy atom. The minimum Gasteiger partial charge on any atom is -0.466 e. The van der Waals surface area contributed by atoms with Crippen LogP contribution >= 0.6 is 11.9 Å². The first kappa shape index (κ1) is 30.4. The number of esters is 1. The maximum Gasteiger partial charge on any atom is 0.330 e. The van der Waals surface area contributed by atoms with E-state index in [-0.39, 0.29) is 35.9 Å². The molecule has 2 rings (SSSR count). The number of carbonyl (C=O) groups is 4. The molecule has 38 heavy (non-hydrogen) atoms. The fourth-order valence-electron chi connectivity index (χ4n) is 3.29. The van der Waals surface area contributed by atoms with E-state index in [0.717, 1.165) is 17.4 Å². The van der Waals surface area contributed by atoms with Gasteiger partial charge in [-0.3, -0.25) is 24.3 Å². The van der Waals surface area contributed by atoms with Gasteiger partial charge in [-0.1, -0.05) is 19.6 Å². The quantitative estimate of drug-likeness (QED) is 0.129. The van der Waals surface area contributed by atoms with Crippen molar-refractivity contribution in [3.63, 3.8) is 0 Å². The molecule has 0 aromatic carbocycles. The summed E-state index contributed by atoms with van der Waals surface area (Å²) in [5.74, 6) is -2.20. The Morgan fingerprint density at radius 1 is 1.32 bits per heavy atom. The Hall–Kier alpha value is -3.84. The number of pyridine rings is 1. The molecule has 3 amide bonds. The molecule has 13 heteroatoms. The summed E-state index contributed by atoms with van der Waals surface area (Å²) in [6.45, 7) is 5.26. The van der Waals surface area contributed by atoms with Crippen molar-refractivity contribution < 1.29 is 23.9 Å². The van der Waals surface area contributed by atoms with Gasteiger partial charge in [0.25, 0.3) is 11.5 Å². The predicted molar refractivity (Wildman–Crippen MR) is 145 cm³/mol. The number of allylic oxidation sites excluding steroid dienone is 3. The molecule has 206 valence electrons. The van der Waals surface area contributed by atoms with Gasteiger partial charge in [0.05, 0.1) is 7.11 Å². The minimum atomic E-state index is -1.09. The van der Waals surface area contributed by atoms with Crippen LogP contribution in [0.25, 0.3) is 0 Å². The molecule has 0 radical (unpaired) electrons. The summed E-state index contributed by atoms with van der Waals surface area (Å²) in [7, 11) is 1.24. The third-order valence-corrected chi connectivity index (χ3v) is 6.29. The van der Waals surface area contributed by atoms with Gasteiger partial charge in [0.1, 0.15) is 23.2 Å². The van der Waals surface area contributed by atoms with E-state index in [1.54, 1.807) is 0 Å². The number of ether oxygens (including phenoxy) is 1. The van der Waals surface area contributed by atoms with Gasteiger partial charge in [0, 0.05) is 23.7 Å². The highest BCUT2D eigenvalue weighted by Crippen LogP contribution is 2.36. The van der Waals surface area contributed by atoms with E-state index < -0.39 is 35.3 Å². The van der Waals surface area contributed by atoms with Gasteiger partial charge in [-0.25, -0.2) is 4.79 Å². The Labute approximate surface area is 225 Å². The summed E-state index contributed by atoms with van der Waals surface area (Å²) in [6, 6.07) is 1.80. The summed E-state index contributed by atoms with van der Waals surface area (Å²) in [5, 5.41) is 13.4. The van der Waals surface area contributed by atoms with Crippen LogP contribution in [0.3, 0.4) is 0 Å². The normalized spacial score (nSPS) is 14.3. The minimum absolute atomic E-state index is 0.0783. The second kappa shape index (κ2) is 14.8. The Kier molecular flexibility index (Phi) is 11.8. The summed E-state index contributed by atoms with van der Waals surface area (Å²) >= 11 is 0.701. The van der Waals surface area contributed by atoms with E-state index in [1.807, 2.05) is 6.92 Å². The zero-order valence-corrected chi connectivity index (χ0v) is 22.3. The van der Waals surface area contributed by atoms with Crippen LogP contribution in [0, 0.1) is 5.92 Å². The summed E-state index contributed by atoms with van der Waals surface area (Å²) in [6.07, 6.45) is 6.72. The van der Waals surface area contributed by atoms with Crippen LogP contribution in [0.15, 0.2) is 58.2 Å². The van der Waals surface area contributed by atoms with Gasteiger partial charge < -0.3 is 31.0 Å². The van der Waals surface area contributed by atoms with Crippen molar-refractivity contribution in [3.05, 3.63) is 63.7 Å². The number of methoxy groups -OCH3 is 1. The molecular formula is C25H34N6O6S. The van der Waals surface area contributed by atoms with Gasteiger partial charge in [-0.15, -0.1) is 0 Å². The average molecular weight is 547 g/mol. The highest BCUT2D eigenvalue weighted by molar-refractivity contribution is 8.01. The largest absolute Gasteiger partial charge is 0.466 e. The van der Waals surface area contributed by atoms with Crippen molar-refractivity contribution in [1.82, 2.24) is 15.2 Å². The lowest BCUT2D eigenvalue weighted by atomic mass is 10.1. The van der Waals surface area contributed by atoms with Gasteiger partial charge in [-0.2, -0.15) is 0 Å². The third-order valence-electron chi connectivity index (χ3n) is 5.64. The van der Waals surface area contributed by atoms with Gasteiger partial charge >= 0.3 is 5.97 Å². The molecule has 1 aromatic rings. The van der Waals surface area contributed by atoms with E-state index in [2.05, 4.69) is 27.3 Å². The highest BCUT2D eigenvalue weighted by atomic mass is 32.2. The van der Waals surface area contributed by atoms with Crippen LogP contribution in [0.1, 0.15) is 39.0 Å². The molecule has 1 aliphatic carbocycles. The van der Waals surface area contributed by atoms with Gasteiger partial charge in [0.2, 0.25) is 11.8 Å². The molecule has 1 heterocycles. The molecule has 1 aliphatic rings. The first-order chi connectivity index (χ1) is 18.1. The number of nitrogens with zero attached hydrogens (tertiary/aromatic N) is 1. The molecule has 1 aromatic heterocycles. The van der Waals surface area contributed by atoms with Crippen molar-refractivity contribution in [3.8, 4) is 0 Å². The second-order valence-corrected chi connectivity index (χ2v) is 9.20. The maximum absolute atomic E-state index is 13.2. The van der Waals surface area contributed by atoms with Gasteiger partial charge in [0.15, 0.2) is 0 Å². The number of hydrogen-bond donors (Lipinski definition) is 5. The van der Waals surface area contributed by atoms with Crippen LogP contribution in [0.2, 0.25) is 0 Å². The first-order valence-electron chi connectivity index (χ1n) is 12.0. The Morgan fingerprint density at radius 3 is 2.63 bits per heavy atom. The lowest BCUT2D eigenvalue weighted by molar-refractivity contribution is -0.134. The number of anilines is 1. The molecule has 1 atom stereocenters. The number of amides is 3. The fourth-order valence-corrected chi connectivity index (χ4v) is 3.76. The van der Waals surface area contributed by atoms with Crippen LogP contribution in [0.4, 0.5) is 5.69 Å². The summed E-state index contributed by atoms with van der Waals surface area (Å²) in [5.41, 5.74) is 6.27. The van der Waals surface area contributed by atoms with Crippen LogP contribution in [-0.4, -0.2) is 41.4 Å². The molecule has 0 bridgehead atoms. The molecule has 0 aliphatic heterocycles. The summed E-state index contributed by atoms with van der Waals surface area (Å²) in [4.78, 5) is 62.6.